The standard InChI is InChI=1S/C23H23N3O3/c1-12(2)19-17-18(21(28)26(20(17)27)14-10-8-13(3)9-11-14)23(25-19)15-6-4-5-7-16(15)24-22(23)29/h4-12,17-19,25H,1-3H3,(H,24,29)/t17-,18-,19-,23-/m0/s1. The van der Waals surface area contributed by atoms with Crippen molar-refractivity contribution in [3.63, 3.8) is 0 Å². The number of fused-ring (bicyclic) bond motifs is 4. The van der Waals surface area contributed by atoms with Crippen LogP contribution < -0.4 is 15.5 Å². The monoisotopic (exact) mass is 389 g/mol. The molecule has 2 saturated heterocycles. The quantitative estimate of drug-likeness (QED) is 0.774. The molecular formula is C23H23N3O3. The van der Waals surface area contributed by atoms with E-state index in [1.165, 1.54) is 4.90 Å². The first kappa shape index (κ1) is 18.1. The molecule has 2 aromatic rings. The number of benzene rings is 2. The van der Waals surface area contributed by atoms with Crippen molar-refractivity contribution in [1.29, 1.82) is 0 Å². The molecule has 4 atom stereocenters. The summed E-state index contributed by atoms with van der Waals surface area (Å²) in [6.07, 6.45) is 0. The minimum absolute atomic E-state index is 0.0807. The van der Waals surface area contributed by atoms with E-state index in [0.29, 0.717) is 11.4 Å². The van der Waals surface area contributed by atoms with Crippen molar-refractivity contribution in [3.05, 3.63) is 59.7 Å². The molecule has 2 fully saturated rings. The molecule has 2 aromatic carbocycles. The van der Waals surface area contributed by atoms with Gasteiger partial charge in [-0.25, -0.2) is 4.90 Å². The Bertz CT molecular complexity index is 1050. The Morgan fingerprint density at radius 2 is 1.66 bits per heavy atom. The lowest BCUT2D eigenvalue weighted by molar-refractivity contribution is -0.130. The Balaban J connectivity index is 1.68. The molecule has 148 valence electrons. The predicted octanol–water partition coefficient (Wildman–Crippen LogP) is 2.58. The molecule has 0 bridgehead atoms. The van der Waals surface area contributed by atoms with Crippen molar-refractivity contribution in [2.45, 2.75) is 32.4 Å². The van der Waals surface area contributed by atoms with Gasteiger partial charge < -0.3 is 5.32 Å². The van der Waals surface area contributed by atoms with E-state index in [-0.39, 0.29) is 29.7 Å². The zero-order valence-electron chi connectivity index (χ0n) is 16.6. The number of amides is 3. The second-order valence-corrected chi connectivity index (χ2v) is 8.57. The van der Waals surface area contributed by atoms with Crippen LogP contribution in [0.5, 0.6) is 0 Å². The highest BCUT2D eigenvalue weighted by atomic mass is 16.2. The molecule has 3 aliphatic rings. The number of anilines is 2. The lowest BCUT2D eigenvalue weighted by atomic mass is 9.76. The first-order valence-corrected chi connectivity index (χ1v) is 9.99. The summed E-state index contributed by atoms with van der Waals surface area (Å²) in [5.41, 5.74) is 1.83. The Morgan fingerprint density at radius 1 is 0.966 bits per heavy atom. The highest BCUT2D eigenvalue weighted by Gasteiger charge is 2.70. The highest BCUT2D eigenvalue weighted by Crippen LogP contribution is 2.54. The smallest absolute Gasteiger partial charge is 0.250 e. The van der Waals surface area contributed by atoms with Crippen LogP contribution in [0.1, 0.15) is 25.0 Å². The SMILES string of the molecule is Cc1ccc(N2C(=O)[C@H]3[C@@H](C2=O)[C@]2(N[C@H]3C(C)C)C(=O)Nc3ccccc32)cc1. The number of imide groups is 1. The Labute approximate surface area is 169 Å². The number of carbonyl (C=O) groups is 3. The molecule has 6 nitrogen and oxygen atoms in total. The van der Waals surface area contributed by atoms with E-state index in [2.05, 4.69) is 10.6 Å². The summed E-state index contributed by atoms with van der Waals surface area (Å²) >= 11 is 0. The van der Waals surface area contributed by atoms with Gasteiger partial charge in [0.05, 0.1) is 17.5 Å². The number of para-hydroxylation sites is 1. The summed E-state index contributed by atoms with van der Waals surface area (Å²) in [4.78, 5) is 41.7. The van der Waals surface area contributed by atoms with E-state index in [1.807, 2.05) is 57.2 Å². The van der Waals surface area contributed by atoms with Gasteiger partial charge in [-0.1, -0.05) is 49.7 Å². The zero-order chi connectivity index (χ0) is 20.5. The van der Waals surface area contributed by atoms with E-state index in [9.17, 15) is 14.4 Å². The van der Waals surface area contributed by atoms with Gasteiger partial charge in [-0.2, -0.15) is 0 Å². The van der Waals surface area contributed by atoms with E-state index in [0.717, 1.165) is 11.1 Å². The summed E-state index contributed by atoms with van der Waals surface area (Å²) in [6.45, 7) is 5.98. The third-order valence-electron chi connectivity index (χ3n) is 6.57. The normalized spacial score (nSPS) is 30.3. The second-order valence-electron chi connectivity index (χ2n) is 8.57. The molecule has 1 spiro atoms. The summed E-state index contributed by atoms with van der Waals surface area (Å²) < 4.78 is 0. The van der Waals surface area contributed by atoms with Gasteiger partial charge in [0.1, 0.15) is 5.54 Å². The molecule has 2 N–H and O–H groups in total. The van der Waals surface area contributed by atoms with E-state index >= 15 is 0 Å². The highest BCUT2D eigenvalue weighted by molar-refractivity contribution is 6.25. The molecule has 0 aromatic heterocycles. The fourth-order valence-electron chi connectivity index (χ4n) is 5.21. The van der Waals surface area contributed by atoms with Gasteiger partial charge in [0.25, 0.3) is 0 Å². The molecule has 5 rings (SSSR count). The van der Waals surface area contributed by atoms with Crippen molar-refractivity contribution in [2.24, 2.45) is 17.8 Å². The average Bonchev–Trinajstić information content (AvgIpc) is 3.28. The third kappa shape index (κ3) is 2.23. The number of nitrogens with one attached hydrogen (secondary N) is 2. The number of rotatable bonds is 2. The van der Waals surface area contributed by atoms with Gasteiger partial charge in [-0.3, -0.25) is 19.7 Å². The number of hydrogen-bond acceptors (Lipinski definition) is 4. The number of aryl methyl sites for hydroxylation is 1. The maximum absolute atomic E-state index is 13.7. The molecule has 3 amide bonds. The summed E-state index contributed by atoms with van der Waals surface area (Å²) in [5, 5.41) is 6.35. The zero-order valence-corrected chi connectivity index (χ0v) is 16.6. The first-order chi connectivity index (χ1) is 13.9. The van der Waals surface area contributed by atoms with Gasteiger partial charge in [0.2, 0.25) is 17.7 Å². The fourth-order valence-corrected chi connectivity index (χ4v) is 5.21. The van der Waals surface area contributed by atoms with Crippen LogP contribution in [0.2, 0.25) is 0 Å². The average molecular weight is 389 g/mol. The summed E-state index contributed by atoms with van der Waals surface area (Å²) in [6, 6.07) is 14.5. The minimum atomic E-state index is -1.22. The van der Waals surface area contributed by atoms with Crippen LogP contribution in [0, 0.1) is 24.7 Å². The Morgan fingerprint density at radius 3 is 2.34 bits per heavy atom. The van der Waals surface area contributed by atoms with Crippen molar-refractivity contribution in [3.8, 4) is 0 Å². The molecule has 0 saturated carbocycles. The number of hydrogen-bond donors (Lipinski definition) is 2. The topological polar surface area (TPSA) is 78.5 Å². The molecule has 0 aliphatic carbocycles. The van der Waals surface area contributed by atoms with Crippen LogP contribution in [-0.2, 0) is 19.9 Å². The number of nitrogens with zero attached hydrogens (tertiary/aromatic N) is 1. The second kappa shape index (κ2) is 6.00. The van der Waals surface area contributed by atoms with Crippen LogP contribution in [0.4, 0.5) is 11.4 Å². The van der Waals surface area contributed by atoms with Crippen LogP contribution in [-0.4, -0.2) is 23.8 Å². The maximum atomic E-state index is 13.7. The molecule has 0 radical (unpaired) electrons. The van der Waals surface area contributed by atoms with Crippen molar-refractivity contribution < 1.29 is 14.4 Å². The predicted molar refractivity (Wildman–Crippen MR) is 109 cm³/mol. The van der Waals surface area contributed by atoms with Crippen molar-refractivity contribution >= 4 is 29.1 Å². The van der Waals surface area contributed by atoms with E-state index in [4.69, 9.17) is 0 Å². The molecule has 3 aliphatic heterocycles. The maximum Gasteiger partial charge on any atom is 0.250 e. The number of carbonyl (C=O) groups excluding carboxylic acids is 3. The van der Waals surface area contributed by atoms with Gasteiger partial charge in [0.15, 0.2) is 0 Å². The molecule has 29 heavy (non-hydrogen) atoms. The van der Waals surface area contributed by atoms with Crippen LogP contribution >= 0.6 is 0 Å². The van der Waals surface area contributed by atoms with Gasteiger partial charge in [0, 0.05) is 17.3 Å². The Kier molecular flexibility index (Phi) is 3.74. The molecule has 0 unspecified atom stereocenters. The van der Waals surface area contributed by atoms with Crippen LogP contribution in [0.25, 0.3) is 0 Å². The minimum Gasteiger partial charge on any atom is -0.324 e. The Hall–Kier alpha value is -2.99. The van der Waals surface area contributed by atoms with Crippen molar-refractivity contribution in [1.82, 2.24) is 5.32 Å². The first-order valence-electron chi connectivity index (χ1n) is 9.99. The van der Waals surface area contributed by atoms with Gasteiger partial charge >= 0.3 is 0 Å². The van der Waals surface area contributed by atoms with E-state index < -0.39 is 17.4 Å². The van der Waals surface area contributed by atoms with E-state index in [1.54, 1.807) is 12.1 Å². The lowest BCUT2D eigenvalue weighted by Gasteiger charge is -2.30. The molecule has 3 heterocycles. The van der Waals surface area contributed by atoms with Gasteiger partial charge in [-0.15, -0.1) is 0 Å². The fraction of sp³-hybridized carbons (Fsp3) is 0.348. The molecule has 6 heteroatoms. The largest absolute Gasteiger partial charge is 0.324 e. The summed E-state index contributed by atoms with van der Waals surface area (Å²) in [5.74, 6) is -2.08. The molecular weight excluding hydrogens is 366 g/mol. The lowest BCUT2D eigenvalue weighted by Crippen LogP contribution is -2.54. The summed E-state index contributed by atoms with van der Waals surface area (Å²) in [7, 11) is 0. The third-order valence-corrected chi connectivity index (χ3v) is 6.57. The van der Waals surface area contributed by atoms with Crippen LogP contribution in [0.3, 0.4) is 0 Å². The van der Waals surface area contributed by atoms with Gasteiger partial charge in [-0.05, 0) is 31.0 Å². The van der Waals surface area contributed by atoms with Crippen LogP contribution in [0.15, 0.2) is 48.5 Å². The van der Waals surface area contributed by atoms with Crippen molar-refractivity contribution in [2.75, 3.05) is 10.2 Å².